The van der Waals surface area contributed by atoms with Gasteiger partial charge in [0.05, 0.1) is 22.4 Å². The van der Waals surface area contributed by atoms with Crippen LogP contribution in [0.1, 0.15) is 34.1 Å². The van der Waals surface area contributed by atoms with Gasteiger partial charge in [0.25, 0.3) is 5.92 Å². The van der Waals surface area contributed by atoms with E-state index in [-0.39, 0.29) is 13.0 Å². The molecule has 20 heavy (non-hydrogen) atoms. The van der Waals surface area contributed by atoms with Gasteiger partial charge in [-0.25, -0.2) is 13.6 Å². The van der Waals surface area contributed by atoms with E-state index in [4.69, 9.17) is 8.92 Å². The smallest absolute Gasteiger partial charge is 0.410 e. The zero-order valence-electron chi connectivity index (χ0n) is 12.4. The van der Waals surface area contributed by atoms with Crippen LogP contribution in [0.3, 0.4) is 0 Å². The van der Waals surface area contributed by atoms with E-state index in [0.717, 1.165) is 14.1 Å². The maximum absolute atomic E-state index is 14.1. The minimum Gasteiger partial charge on any atom is -0.444 e. The Hall–Kier alpha value is 0.170. The monoisotopic (exact) mass is 425 g/mol. The van der Waals surface area contributed by atoms with Crippen LogP contribution in [0.5, 0.6) is 0 Å². The van der Waals surface area contributed by atoms with Gasteiger partial charge in [0.2, 0.25) is 0 Å². The lowest BCUT2D eigenvalue weighted by Gasteiger charge is -2.31. The average Bonchev–Trinajstić information content (AvgIpc) is 2.26. The molecule has 120 valence electrons. The van der Waals surface area contributed by atoms with Crippen LogP contribution in [0.2, 0.25) is 0 Å². The Morgan fingerprint density at radius 3 is 2.35 bits per heavy atom. The Balaban J connectivity index is 4.59. The van der Waals surface area contributed by atoms with E-state index in [9.17, 15) is 13.6 Å². The minimum absolute atomic E-state index is 0.0563. The molecule has 0 aromatic heterocycles. The summed E-state index contributed by atoms with van der Waals surface area (Å²) in [6.07, 6.45) is -0.483. The van der Waals surface area contributed by atoms with Gasteiger partial charge in [0, 0.05) is 34.2 Å². The number of hydrogen-bond acceptors (Lipinski definition) is 4. The van der Waals surface area contributed by atoms with Crippen LogP contribution in [0.15, 0.2) is 0 Å². The zero-order valence-corrected chi connectivity index (χ0v) is 15.4. The Kier molecular flexibility index (Phi) is 8.65. The number of amides is 1. The van der Waals surface area contributed by atoms with Crippen LogP contribution >= 0.6 is 30.4 Å². The van der Waals surface area contributed by atoms with E-state index in [1.54, 1.807) is 27.7 Å². The van der Waals surface area contributed by atoms with E-state index in [1.165, 1.54) is 7.05 Å². The van der Waals surface area contributed by atoms with E-state index in [1.807, 2.05) is 21.2 Å². The van der Waals surface area contributed by atoms with Gasteiger partial charge in [0.15, 0.2) is 0 Å². The highest BCUT2D eigenvalue weighted by Crippen LogP contribution is 2.30. The van der Waals surface area contributed by atoms with Crippen molar-refractivity contribution in [3.05, 3.63) is 0 Å². The van der Waals surface area contributed by atoms with Gasteiger partial charge in [-0.3, -0.25) is 0 Å². The predicted octanol–water partition coefficient (Wildman–Crippen LogP) is 4.53. The summed E-state index contributed by atoms with van der Waals surface area (Å²) < 4.78 is 38.3. The van der Waals surface area contributed by atoms with Crippen molar-refractivity contribution in [3.63, 3.8) is 0 Å². The Labute approximate surface area is 135 Å². The molecule has 0 aromatic rings. The second-order valence-electron chi connectivity index (χ2n) is 5.55. The molecule has 0 radical (unpaired) electrons. The van der Waals surface area contributed by atoms with Crippen molar-refractivity contribution in [2.45, 2.75) is 45.6 Å². The predicted molar refractivity (Wildman–Crippen MR) is 85.2 cm³/mol. The van der Waals surface area contributed by atoms with Crippen LogP contribution < -0.4 is 0 Å². The van der Waals surface area contributed by atoms with Gasteiger partial charge in [-0.05, 0) is 27.2 Å². The van der Waals surface area contributed by atoms with Gasteiger partial charge in [-0.2, -0.15) is 0 Å². The summed E-state index contributed by atoms with van der Waals surface area (Å²) >= 11 is 1.88. The molecule has 0 heterocycles. The quantitative estimate of drug-likeness (QED) is 0.444. The van der Waals surface area contributed by atoms with Crippen LogP contribution in [0.4, 0.5) is 13.6 Å². The first-order valence-electron chi connectivity index (χ1n) is 6.25. The number of nitrogens with zero attached hydrogens (tertiary/aromatic N) is 1. The molecule has 1 amide bonds. The molecule has 8 heteroatoms. The molecule has 0 bridgehead atoms. The zero-order chi connectivity index (χ0) is 16.0. The fourth-order valence-electron chi connectivity index (χ4n) is 1.50. The number of rotatable bonds is 7. The Morgan fingerprint density at radius 2 is 1.95 bits per heavy atom. The summed E-state index contributed by atoms with van der Waals surface area (Å²) in [5.74, 6) is -3.96. The maximum Gasteiger partial charge on any atom is 0.410 e. The van der Waals surface area contributed by atoms with Crippen LogP contribution in [-0.2, 0) is 8.92 Å². The minimum atomic E-state index is -3.02. The molecule has 0 saturated carbocycles. The van der Waals surface area contributed by atoms with Crippen LogP contribution in [0, 0.1) is 5.92 Å². The molecule has 0 spiro atoms. The van der Waals surface area contributed by atoms with Crippen molar-refractivity contribution < 1.29 is 22.5 Å². The van der Waals surface area contributed by atoms with Crippen molar-refractivity contribution in [1.29, 1.82) is 0 Å². The molecule has 0 saturated heterocycles. The SMILES string of the molecule is CCC(COSI)C(F)(F)CN(C)C(=O)OC(C)(C)C. The first kappa shape index (κ1) is 20.2. The lowest BCUT2D eigenvalue weighted by atomic mass is 9.99. The molecule has 4 nitrogen and oxygen atoms in total. The molecule has 0 N–H and O–H groups in total. The molecule has 0 fully saturated rings. The second-order valence-corrected chi connectivity index (χ2v) is 6.99. The summed E-state index contributed by atoms with van der Waals surface area (Å²) in [5, 5.41) is 0. The van der Waals surface area contributed by atoms with Crippen molar-refractivity contribution >= 4 is 36.5 Å². The van der Waals surface area contributed by atoms with Gasteiger partial charge in [-0.1, -0.05) is 6.92 Å². The van der Waals surface area contributed by atoms with Gasteiger partial charge in [-0.15, -0.1) is 0 Å². The third-order valence-electron chi connectivity index (χ3n) is 2.56. The third kappa shape index (κ3) is 7.82. The van der Waals surface area contributed by atoms with Crippen molar-refractivity contribution in [2.75, 3.05) is 20.2 Å². The van der Waals surface area contributed by atoms with Crippen molar-refractivity contribution in [3.8, 4) is 0 Å². The number of hydrogen-bond donors (Lipinski definition) is 0. The summed E-state index contributed by atoms with van der Waals surface area (Å²) in [5.41, 5.74) is -0.703. The van der Waals surface area contributed by atoms with Gasteiger partial charge < -0.3 is 13.8 Å². The number of ether oxygens (including phenoxy) is 1. The van der Waals surface area contributed by atoms with E-state index in [0.29, 0.717) is 0 Å². The number of carbonyl (C=O) groups excluding carboxylic acids is 1. The molecule has 0 aliphatic carbocycles. The topological polar surface area (TPSA) is 38.8 Å². The first-order chi connectivity index (χ1) is 9.03. The molecule has 0 aromatic carbocycles. The molecule has 1 atom stereocenters. The standard InChI is InChI=1S/C12H22F2INO3S/c1-6-9(7-18-20-15)12(13,14)8-16(5)10(17)19-11(2,3)4/h9H,6-8H2,1-5H3. The number of carbonyl (C=O) groups is 1. The van der Waals surface area contributed by atoms with E-state index >= 15 is 0 Å². The van der Waals surface area contributed by atoms with E-state index in [2.05, 4.69) is 0 Å². The largest absolute Gasteiger partial charge is 0.444 e. The summed E-state index contributed by atoms with van der Waals surface area (Å²) in [4.78, 5) is 12.6. The summed E-state index contributed by atoms with van der Waals surface area (Å²) in [6.45, 7) is 6.01. The highest BCUT2D eigenvalue weighted by atomic mass is 127. The lowest BCUT2D eigenvalue weighted by molar-refractivity contribution is -0.0903. The molecule has 0 aliphatic rings. The van der Waals surface area contributed by atoms with Crippen molar-refractivity contribution in [1.82, 2.24) is 4.90 Å². The molecule has 0 rings (SSSR count). The normalized spacial score (nSPS) is 14.0. The third-order valence-corrected chi connectivity index (χ3v) is 3.54. The molecule has 1 unspecified atom stereocenters. The first-order valence-corrected chi connectivity index (χ1v) is 9.54. The lowest BCUT2D eigenvalue weighted by Crippen LogP contribution is -2.45. The highest BCUT2D eigenvalue weighted by molar-refractivity contribution is 14.2. The van der Waals surface area contributed by atoms with Crippen LogP contribution in [-0.4, -0.2) is 42.7 Å². The fraction of sp³-hybridized carbons (Fsp3) is 0.917. The Morgan fingerprint density at radius 1 is 1.40 bits per heavy atom. The van der Waals surface area contributed by atoms with Gasteiger partial charge >= 0.3 is 6.09 Å². The number of halogens is 3. The fourth-order valence-corrected chi connectivity index (χ4v) is 2.15. The summed E-state index contributed by atoms with van der Waals surface area (Å²) in [7, 11) is 2.33. The number of alkyl halides is 2. The van der Waals surface area contributed by atoms with Crippen molar-refractivity contribution in [2.24, 2.45) is 5.92 Å². The van der Waals surface area contributed by atoms with Gasteiger partial charge in [0.1, 0.15) is 5.60 Å². The van der Waals surface area contributed by atoms with Crippen LogP contribution in [0.25, 0.3) is 0 Å². The maximum atomic E-state index is 14.1. The highest BCUT2D eigenvalue weighted by Gasteiger charge is 2.41. The Bertz CT molecular complexity index is 314. The average molecular weight is 425 g/mol. The molecular formula is C12H22F2INO3S. The van der Waals surface area contributed by atoms with E-state index < -0.39 is 30.1 Å². The summed E-state index contributed by atoms with van der Waals surface area (Å²) in [6, 6.07) is 0. The molecule has 0 aliphatic heterocycles. The molecular weight excluding hydrogens is 403 g/mol. The second kappa shape index (κ2) is 8.57.